The monoisotopic (exact) mass is 199 g/mol. The van der Waals surface area contributed by atoms with Gasteiger partial charge in [0.25, 0.3) is 0 Å². The van der Waals surface area contributed by atoms with Gasteiger partial charge in [0.15, 0.2) is 0 Å². The summed E-state index contributed by atoms with van der Waals surface area (Å²) >= 11 is 0. The molecule has 0 aromatic heterocycles. The van der Waals surface area contributed by atoms with Gasteiger partial charge in [-0.3, -0.25) is 4.90 Å². The molecule has 0 radical (unpaired) electrons. The molecule has 0 aliphatic rings. The fourth-order valence-corrected chi connectivity index (χ4v) is 0.933. The van der Waals surface area contributed by atoms with Crippen molar-refractivity contribution in [2.24, 2.45) is 0 Å². The minimum Gasteiger partial charge on any atom is -0.549 e. The largest absolute Gasteiger partial charge is 1.00 e. The summed E-state index contributed by atoms with van der Waals surface area (Å²) in [7, 11) is 0. The molecule has 0 fully saturated rings. The van der Waals surface area contributed by atoms with Gasteiger partial charge in [0.2, 0.25) is 0 Å². The summed E-state index contributed by atoms with van der Waals surface area (Å²) in [5, 5.41) is 27.6. The van der Waals surface area contributed by atoms with E-state index in [0.717, 1.165) is 0 Å². The molecule has 0 heterocycles. The van der Waals surface area contributed by atoms with Crippen LogP contribution in [-0.2, 0) is 4.79 Å². The van der Waals surface area contributed by atoms with Crippen LogP contribution in [0.5, 0.6) is 0 Å². The van der Waals surface area contributed by atoms with Crippen LogP contribution >= 0.6 is 0 Å². The maximum atomic E-state index is 10.1. The van der Waals surface area contributed by atoms with E-state index in [9.17, 15) is 9.90 Å². The number of carboxylic acids is 1. The Morgan fingerprint density at radius 1 is 1.62 bits per heavy atom. The molecule has 0 aromatic rings. The number of rotatable bonds is 6. The van der Waals surface area contributed by atoms with Crippen molar-refractivity contribution in [1.29, 1.82) is 0 Å². The molecule has 6 heteroatoms. The third kappa shape index (κ3) is 10.3. The fraction of sp³-hybridized carbons (Fsp3) is 0.857. The Balaban J connectivity index is 0. The van der Waals surface area contributed by atoms with E-state index in [1.165, 1.54) is 4.90 Å². The number of hydrogen-bond acceptors (Lipinski definition) is 5. The second-order valence-electron chi connectivity index (χ2n) is 2.68. The normalized spacial score (nSPS) is 12.3. The Labute approximate surface area is 99.6 Å². The van der Waals surface area contributed by atoms with Gasteiger partial charge in [0.05, 0.1) is 18.7 Å². The zero-order valence-corrected chi connectivity index (χ0v) is 10.1. The summed E-state index contributed by atoms with van der Waals surface area (Å²) in [5.41, 5.74) is 0. The van der Waals surface area contributed by atoms with E-state index in [0.29, 0.717) is 0 Å². The molecule has 0 spiro atoms. The molecule has 72 valence electrons. The number of aliphatic hydroxyl groups excluding tert-OH is 2. The molecule has 0 aliphatic carbocycles. The Morgan fingerprint density at radius 2 is 2.15 bits per heavy atom. The van der Waals surface area contributed by atoms with Crippen molar-refractivity contribution in [3.63, 3.8) is 0 Å². The Bertz CT molecular complexity index is 142. The van der Waals surface area contributed by atoms with E-state index in [1.807, 2.05) is 0 Å². The molecule has 0 bridgehead atoms. The van der Waals surface area contributed by atoms with Crippen LogP contribution < -0.4 is 34.7 Å². The number of aliphatic carboxylic acids is 1. The summed E-state index contributed by atoms with van der Waals surface area (Å²) in [5.74, 6) is -1.20. The van der Waals surface area contributed by atoms with Gasteiger partial charge in [-0.25, -0.2) is 0 Å². The Morgan fingerprint density at radius 3 is 2.46 bits per heavy atom. The minimum absolute atomic E-state index is 0. The van der Waals surface area contributed by atoms with Crippen LogP contribution in [0.4, 0.5) is 0 Å². The quantitative estimate of drug-likeness (QED) is 0.417. The van der Waals surface area contributed by atoms with E-state index in [-0.39, 0.29) is 55.8 Å². The smallest absolute Gasteiger partial charge is 0.549 e. The average Bonchev–Trinajstić information content (AvgIpc) is 1.84. The van der Waals surface area contributed by atoms with Gasteiger partial charge in [-0.15, -0.1) is 0 Å². The Kier molecular flexibility index (Phi) is 10.9. The van der Waals surface area contributed by atoms with Crippen LogP contribution in [0.25, 0.3) is 0 Å². The second-order valence-corrected chi connectivity index (χ2v) is 2.68. The molecule has 0 rings (SSSR count). The van der Waals surface area contributed by atoms with Crippen LogP contribution in [0.3, 0.4) is 0 Å². The van der Waals surface area contributed by atoms with E-state index in [2.05, 4.69) is 0 Å². The van der Waals surface area contributed by atoms with Crippen LogP contribution in [0, 0.1) is 0 Å². The molecule has 0 saturated carbocycles. The average molecular weight is 199 g/mol. The summed E-state index contributed by atoms with van der Waals surface area (Å²) in [6.07, 6.45) is -0.601. The Hall–Kier alpha value is 0.350. The first-order valence-corrected chi connectivity index (χ1v) is 3.77. The van der Waals surface area contributed by atoms with Gasteiger partial charge in [-0.1, -0.05) is 0 Å². The molecule has 1 atom stereocenters. The van der Waals surface area contributed by atoms with Crippen LogP contribution in [0.2, 0.25) is 0 Å². The number of nitrogens with zero attached hydrogens (tertiary/aromatic N) is 1. The first-order chi connectivity index (χ1) is 5.56. The molecule has 2 N–H and O–H groups in total. The molecular formula is C7H14NNaO4. The van der Waals surface area contributed by atoms with E-state index < -0.39 is 12.1 Å². The van der Waals surface area contributed by atoms with E-state index in [1.54, 1.807) is 6.92 Å². The first kappa shape index (κ1) is 15.8. The van der Waals surface area contributed by atoms with Gasteiger partial charge >= 0.3 is 29.6 Å². The number of hydrogen-bond donors (Lipinski definition) is 2. The SMILES string of the molecule is CC(O)CN(CCO)CC(=O)[O-].[Na+]. The van der Waals surface area contributed by atoms with Crippen molar-refractivity contribution in [2.75, 3.05) is 26.2 Å². The molecule has 0 saturated heterocycles. The van der Waals surface area contributed by atoms with Crippen molar-refractivity contribution < 1.29 is 49.7 Å². The number of carbonyl (C=O) groups is 1. The standard InChI is InChI=1S/C7H15NO4.Na/c1-6(10)4-8(2-3-9)5-7(11)12;/h6,9-10H,2-5H2,1H3,(H,11,12);/q;+1/p-1. The predicted molar refractivity (Wildman–Crippen MR) is 40.2 cm³/mol. The summed E-state index contributed by atoms with van der Waals surface area (Å²) < 4.78 is 0. The number of carboxylic acid groups (broad SMARTS) is 1. The molecule has 0 amide bonds. The van der Waals surface area contributed by atoms with Gasteiger partial charge in [-0.05, 0) is 6.92 Å². The zero-order valence-electron chi connectivity index (χ0n) is 8.06. The summed E-state index contributed by atoms with van der Waals surface area (Å²) in [6, 6.07) is 0. The van der Waals surface area contributed by atoms with Crippen molar-refractivity contribution in [3.05, 3.63) is 0 Å². The van der Waals surface area contributed by atoms with Gasteiger partial charge in [0, 0.05) is 19.6 Å². The van der Waals surface area contributed by atoms with Crippen molar-refractivity contribution in [1.82, 2.24) is 4.90 Å². The molecule has 1 unspecified atom stereocenters. The minimum atomic E-state index is -1.20. The molecule has 0 aliphatic heterocycles. The zero-order chi connectivity index (χ0) is 9.56. The van der Waals surface area contributed by atoms with Gasteiger partial charge < -0.3 is 20.1 Å². The van der Waals surface area contributed by atoms with E-state index >= 15 is 0 Å². The summed E-state index contributed by atoms with van der Waals surface area (Å²) in [6.45, 7) is 1.64. The van der Waals surface area contributed by atoms with E-state index in [4.69, 9.17) is 10.2 Å². The summed E-state index contributed by atoms with van der Waals surface area (Å²) in [4.78, 5) is 11.6. The van der Waals surface area contributed by atoms with Crippen LogP contribution in [-0.4, -0.2) is 53.4 Å². The number of carbonyl (C=O) groups excluding carboxylic acids is 1. The van der Waals surface area contributed by atoms with Crippen LogP contribution in [0.15, 0.2) is 0 Å². The maximum absolute atomic E-state index is 10.1. The third-order valence-electron chi connectivity index (χ3n) is 1.29. The predicted octanol–water partition coefficient (Wildman–Crippen LogP) is -5.58. The van der Waals surface area contributed by atoms with Gasteiger partial charge in [-0.2, -0.15) is 0 Å². The van der Waals surface area contributed by atoms with Crippen LogP contribution in [0.1, 0.15) is 6.92 Å². The molecule has 5 nitrogen and oxygen atoms in total. The third-order valence-corrected chi connectivity index (χ3v) is 1.29. The second kappa shape index (κ2) is 8.93. The topological polar surface area (TPSA) is 83.8 Å². The van der Waals surface area contributed by atoms with Crippen molar-refractivity contribution >= 4 is 5.97 Å². The molecule has 0 aromatic carbocycles. The van der Waals surface area contributed by atoms with Crippen molar-refractivity contribution in [2.45, 2.75) is 13.0 Å². The first-order valence-electron chi connectivity index (χ1n) is 3.77. The maximum Gasteiger partial charge on any atom is 1.00 e. The van der Waals surface area contributed by atoms with Gasteiger partial charge in [0.1, 0.15) is 0 Å². The molecule has 13 heavy (non-hydrogen) atoms. The fourth-order valence-electron chi connectivity index (χ4n) is 0.933. The van der Waals surface area contributed by atoms with Crippen molar-refractivity contribution in [3.8, 4) is 0 Å². The molecular weight excluding hydrogens is 185 g/mol. The number of aliphatic hydroxyl groups is 2.